The minimum absolute atomic E-state index is 0.0763. The normalized spacial score (nSPS) is 11.9. The molecule has 1 atom stereocenters. The van der Waals surface area contributed by atoms with Crippen LogP contribution in [0.3, 0.4) is 0 Å². The molecule has 0 heterocycles. The fourth-order valence-electron chi connectivity index (χ4n) is 1.95. The fourth-order valence-corrected chi connectivity index (χ4v) is 1.95. The van der Waals surface area contributed by atoms with Crippen molar-refractivity contribution in [1.29, 1.82) is 0 Å². The summed E-state index contributed by atoms with van der Waals surface area (Å²) in [4.78, 5) is 12.5. The molecule has 0 aliphatic rings. The summed E-state index contributed by atoms with van der Waals surface area (Å²) in [6, 6.07) is 16.0. The second-order valence-corrected chi connectivity index (χ2v) is 4.61. The molecule has 2 aromatic rings. The van der Waals surface area contributed by atoms with Crippen LogP contribution in [0, 0.1) is 0 Å². The Kier molecular flexibility index (Phi) is 5.49. The lowest BCUT2D eigenvalue weighted by molar-refractivity contribution is 0.0323. The number of para-hydroxylation sites is 1. The molecule has 1 N–H and O–H groups in total. The number of hydrogen-bond donors (Lipinski definition) is 1. The van der Waals surface area contributed by atoms with Crippen LogP contribution in [0.4, 0.5) is 0 Å². The molecule has 0 bridgehead atoms. The van der Waals surface area contributed by atoms with E-state index in [9.17, 15) is 9.90 Å². The maximum Gasteiger partial charge on any atom is 0.196 e. The molecule has 0 saturated carbocycles. The van der Waals surface area contributed by atoms with Crippen molar-refractivity contribution >= 4 is 5.78 Å². The Morgan fingerprint density at radius 2 is 1.71 bits per heavy atom. The van der Waals surface area contributed by atoms with Crippen molar-refractivity contribution in [2.45, 2.75) is 6.10 Å². The fraction of sp³-hybridized carbons (Fsp3) is 0.235. The van der Waals surface area contributed by atoms with Gasteiger partial charge >= 0.3 is 0 Å². The number of aliphatic hydroxyl groups is 1. The molecule has 1 unspecified atom stereocenters. The van der Waals surface area contributed by atoms with Gasteiger partial charge in [0.2, 0.25) is 0 Å². The van der Waals surface area contributed by atoms with E-state index in [0.29, 0.717) is 16.9 Å². The average molecular weight is 286 g/mol. The predicted molar refractivity (Wildman–Crippen MR) is 79.7 cm³/mol. The van der Waals surface area contributed by atoms with Crippen LogP contribution in [0.5, 0.6) is 5.75 Å². The van der Waals surface area contributed by atoms with Gasteiger partial charge in [0.05, 0.1) is 12.2 Å². The molecule has 0 fully saturated rings. The van der Waals surface area contributed by atoms with Crippen LogP contribution in [0.15, 0.2) is 54.6 Å². The first-order valence-corrected chi connectivity index (χ1v) is 6.71. The summed E-state index contributed by atoms with van der Waals surface area (Å²) in [6.45, 7) is 0.266. The van der Waals surface area contributed by atoms with Crippen LogP contribution in [0.25, 0.3) is 0 Å². The minimum atomic E-state index is -0.727. The summed E-state index contributed by atoms with van der Waals surface area (Å²) >= 11 is 0. The van der Waals surface area contributed by atoms with E-state index in [2.05, 4.69) is 0 Å². The molecule has 4 heteroatoms. The van der Waals surface area contributed by atoms with E-state index in [1.165, 1.54) is 7.11 Å². The third-order valence-electron chi connectivity index (χ3n) is 2.96. The zero-order valence-electron chi connectivity index (χ0n) is 11.9. The lowest BCUT2D eigenvalue weighted by atomic mass is 10.0. The van der Waals surface area contributed by atoms with Gasteiger partial charge in [-0.15, -0.1) is 0 Å². The Bertz CT molecular complexity index is 580. The summed E-state index contributed by atoms with van der Waals surface area (Å²) in [7, 11) is 1.51. The quantitative estimate of drug-likeness (QED) is 0.794. The van der Waals surface area contributed by atoms with Crippen molar-refractivity contribution in [1.82, 2.24) is 0 Å². The van der Waals surface area contributed by atoms with Gasteiger partial charge in [0, 0.05) is 12.7 Å². The summed E-state index contributed by atoms with van der Waals surface area (Å²) in [5.41, 5.74) is 1.08. The van der Waals surface area contributed by atoms with Crippen molar-refractivity contribution in [3.05, 3.63) is 65.7 Å². The van der Waals surface area contributed by atoms with E-state index >= 15 is 0 Å². The van der Waals surface area contributed by atoms with Gasteiger partial charge in [-0.3, -0.25) is 4.79 Å². The molecule has 110 valence electrons. The van der Waals surface area contributed by atoms with Crippen molar-refractivity contribution in [2.75, 3.05) is 20.3 Å². The topological polar surface area (TPSA) is 55.8 Å². The van der Waals surface area contributed by atoms with E-state index in [1.54, 1.807) is 36.4 Å². The highest BCUT2D eigenvalue weighted by atomic mass is 16.5. The Labute approximate surface area is 123 Å². The zero-order valence-corrected chi connectivity index (χ0v) is 11.9. The van der Waals surface area contributed by atoms with Gasteiger partial charge in [0.15, 0.2) is 5.78 Å². The van der Waals surface area contributed by atoms with Crippen molar-refractivity contribution in [3.63, 3.8) is 0 Å². The molecule has 0 spiro atoms. The summed E-state index contributed by atoms with van der Waals surface area (Å²) in [5, 5.41) is 9.62. The first kappa shape index (κ1) is 15.2. The lowest BCUT2D eigenvalue weighted by Crippen LogP contribution is -2.23. The molecule has 0 aromatic heterocycles. The summed E-state index contributed by atoms with van der Waals surface area (Å²) < 4.78 is 10.4. The van der Waals surface area contributed by atoms with Crippen molar-refractivity contribution < 1.29 is 19.4 Å². The third-order valence-corrected chi connectivity index (χ3v) is 2.96. The van der Waals surface area contributed by atoms with Gasteiger partial charge in [-0.2, -0.15) is 0 Å². The number of benzene rings is 2. The minimum Gasteiger partial charge on any atom is -0.490 e. The van der Waals surface area contributed by atoms with Crippen LogP contribution in [-0.2, 0) is 4.74 Å². The summed E-state index contributed by atoms with van der Waals surface area (Å²) in [6.07, 6.45) is -0.727. The van der Waals surface area contributed by atoms with E-state index in [4.69, 9.17) is 9.47 Å². The third kappa shape index (κ3) is 4.15. The number of hydrogen-bond acceptors (Lipinski definition) is 4. The second kappa shape index (κ2) is 7.57. The molecule has 0 amide bonds. The molecular formula is C17H18O4. The largest absolute Gasteiger partial charge is 0.490 e. The number of ketones is 1. The van der Waals surface area contributed by atoms with Gasteiger partial charge < -0.3 is 14.6 Å². The van der Waals surface area contributed by atoms with Gasteiger partial charge in [0.1, 0.15) is 18.5 Å². The van der Waals surface area contributed by atoms with Crippen LogP contribution in [-0.4, -0.2) is 37.3 Å². The highest BCUT2D eigenvalue weighted by Crippen LogP contribution is 2.21. The standard InChI is InChI=1S/C17H18O4/c1-20-11-14(18)12-21-16-10-6-5-9-15(16)17(19)13-7-3-2-4-8-13/h2-10,14,18H,11-12H2,1H3. The van der Waals surface area contributed by atoms with Gasteiger partial charge in [0.25, 0.3) is 0 Å². The molecule has 21 heavy (non-hydrogen) atoms. The number of carbonyl (C=O) groups excluding carboxylic acids is 1. The molecule has 0 aliphatic carbocycles. The molecular weight excluding hydrogens is 268 g/mol. The molecule has 4 nitrogen and oxygen atoms in total. The highest BCUT2D eigenvalue weighted by Gasteiger charge is 2.15. The molecule has 0 saturated heterocycles. The van der Waals surface area contributed by atoms with Crippen LogP contribution in [0.1, 0.15) is 15.9 Å². The van der Waals surface area contributed by atoms with E-state index in [0.717, 1.165) is 0 Å². The Morgan fingerprint density at radius 1 is 1.05 bits per heavy atom. The van der Waals surface area contributed by atoms with E-state index in [1.807, 2.05) is 18.2 Å². The number of aliphatic hydroxyl groups excluding tert-OH is 1. The van der Waals surface area contributed by atoms with E-state index < -0.39 is 6.10 Å². The molecule has 0 radical (unpaired) electrons. The van der Waals surface area contributed by atoms with Crippen LogP contribution < -0.4 is 4.74 Å². The molecule has 0 aliphatic heterocycles. The van der Waals surface area contributed by atoms with Crippen LogP contribution in [0.2, 0.25) is 0 Å². The maximum atomic E-state index is 12.5. The molecule has 2 aromatic carbocycles. The van der Waals surface area contributed by atoms with Crippen LogP contribution >= 0.6 is 0 Å². The molecule has 2 rings (SSSR count). The maximum absolute atomic E-state index is 12.5. The zero-order chi connectivity index (χ0) is 15.1. The Hall–Kier alpha value is -2.17. The van der Waals surface area contributed by atoms with Crippen molar-refractivity contribution in [2.24, 2.45) is 0 Å². The monoisotopic (exact) mass is 286 g/mol. The number of carbonyl (C=O) groups is 1. The number of methoxy groups -OCH3 is 1. The van der Waals surface area contributed by atoms with E-state index in [-0.39, 0.29) is 19.0 Å². The first-order valence-electron chi connectivity index (χ1n) is 6.71. The smallest absolute Gasteiger partial charge is 0.196 e. The number of ether oxygens (including phenoxy) is 2. The Morgan fingerprint density at radius 3 is 2.43 bits per heavy atom. The number of rotatable bonds is 7. The Balaban J connectivity index is 2.15. The predicted octanol–water partition coefficient (Wildman–Crippen LogP) is 2.30. The first-order chi connectivity index (χ1) is 10.2. The second-order valence-electron chi connectivity index (χ2n) is 4.61. The SMILES string of the molecule is COCC(O)COc1ccccc1C(=O)c1ccccc1. The average Bonchev–Trinajstić information content (AvgIpc) is 2.54. The van der Waals surface area contributed by atoms with Crippen molar-refractivity contribution in [3.8, 4) is 5.75 Å². The van der Waals surface area contributed by atoms with Gasteiger partial charge in [-0.1, -0.05) is 42.5 Å². The van der Waals surface area contributed by atoms with Gasteiger partial charge in [-0.25, -0.2) is 0 Å². The highest BCUT2D eigenvalue weighted by molar-refractivity contribution is 6.10. The van der Waals surface area contributed by atoms with Gasteiger partial charge in [-0.05, 0) is 12.1 Å². The lowest BCUT2D eigenvalue weighted by Gasteiger charge is -2.14. The summed E-state index contributed by atoms with van der Waals surface area (Å²) in [5.74, 6) is 0.355.